The molecule has 0 spiro atoms. The molecule has 1 amide bonds. The molecule has 0 bridgehead atoms. The number of carbonyl (C=O) groups is 1. The van der Waals surface area contributed by atoms with Crippen LogP contribution in [-0.4, -0.2) is 11.0 Å². The van der Waals surface area contributed by atoms with Crippen LogP contribution in [0.25, 0.3) is 0 Å². The topological polar surface area (TPSA) is 49.3 Å². The number of anilines is 1. The van der Waals surface area contributed by atoms with Gasteiger partial charge in [-0.3, -0.25) is 4.79 Å². The van der Waals surface area contributed by atoms with E-state index in [0.717, 1.165) is 24.0 Å². The molecule has 0 unspecified atom stereocenters. The van der Waals surface area contributed by atoms with Crippen molar-refractivity contribution in [2.75, 3.05) is 5.32 Å². The molecule has 0 fully saturated rings. The van der Waals surface area contributed by atoms with E-state index >= 15 is 0 Å². The van der Waals surface area contributed by atoms with Crippen molar-refractivity contribution >= 4 is 11.6 Å². The summed E-state index contributed by atoms with van der Waals surface area (Å²) in [4.78, 5) is 12.7. The van der Waals surface area contributed by atoms with Gasteiger partial charge in [-0.2, -0.15) is 0 Å². The van der Waals surface area contributed by atoms with E-state index in [4.69, 9.17) is 0 Å². The number of aryl methyl sites for hydroxylation is 2. The number of rotatable bonds is 6. The van der Waals surface area contributed by atoms with Crippen molar-refractivity contribution in [3.05, 3.63) is 101 Å². The molecule has 0 aliphatic heterocycles. The van der Waals surface area contributed by atoms with E-state index in [9.17, 15) is 9.90 Å². The monoisotopic (exact) mass is 331 g/mol. The van der Waals surface area contributed by atoms with E-state index in [-0.39, 0.29) is 12.5 Å². The minimum Gasteiger partial charge on any atom is -0.392 e. The Hall–Kier alpha value is -2.91. The first-order chi connectivity index (χ1) is 12.3. The number of aliphatic hydroxyl groups excluding tert-OH is 1. The van der Waals surface area contributed by atoms with Crippen LogP contribution < -0.4 is 5.32 Å². The Balaban J connectivity index is 1.74. The molecule has 2 N–H and O–H groups in total. The third kappa shape index (κ3) is 4.55. The zero-order valence-electron chi connectivity index (χ0n) is 14.0. The Bertz CT molecular complexity index is 843. The Morgan fingerprint density at radius 1 is 0.800 bits per heavy atom. The van der Waals surface area contributed by atoms with Crippen molar-refractivity contribution in [1.82, 2.24) is 0 Å². The van der Waals surface area contributed by atoms with Crippen LogP contribution in [0.4, 0.5) is 5.69 Å². The van der Waals surface area contributed by atoms with Crippen LogP contribution in [-0.2, 0) is 19.4 Å². The number of benzene rings is 3. The summed E-state index contributed by atoms with van der Waals surface area (Å²) in [6.07, 6.45) is 1.70. The smallest absolute Gasteiger partial charge is 0.255 e. The highest BCUT2D eigenvalue weighted by Gasteiger charge is 2.11. The van der Waals surface area contributed by atoms with Crippen molar-refractivity contribution in [2.24, 2.45) is 0 Å². The maximum absolute atomic E-state index is 12.7. The van der Waals surface area contributed by atoms with Crippen molar-refractivity contribution in [3.8, 4) is 0 Å². The Morgan fingerprint density at radius 3 is 2.32 bits per heavy atom. The summed E-state index contributed by atoms with van der Waals surface area (Å²) in [5.74, 6) is -0.126. The lowest BCUT2D eigenvalue weighted by molar-refractivity contribution is 0.102. The lowest BCUT2D eigenvalue weighted by Crippen LogP contribution is -2.14. The standard InChI is InChI=1S/C22H21NO2/c24-16-18-9-6-11-20(15-18)23-22(25)21-12-5-4-10-19(21)14-13-17-7-2-1-3-8-17/h1-12,15,24H,13-14,16H2,(H,23,25). The van der Waals surface area contributed by atoms with E-state index in [1.165, 1.54) is 5.56 Å². The molecule has 3 aromatic rings. The highest BCUT2D eigenvalue weighted by Crippen LogP contribution is 2.16. The Morgan fingerprint density at radius 2 is 1.52 bits per heavy atom. The fourth-order valence-electron chi connectivity index (χ4n) is 2.83. The van der Waals surface area contributed by atoms with Crippen LogP contribution in [0.3, 0.4) is 0 Å². The van der Waals surface area contributed by atoms with Gasteiger partial charge in [0.15, 0.2) is 0 Å². The molecule has 0 saturated heterocycles. The predicted molar refractivity (Wildman–Crippen MR) is 101 cm³/mol. The van der Waals surface area contributed by atoms with Gasteiger partial charge in [-0.1, -0.05) is 60.7 Å². The second kappa shape index (κ2) is 8.27. The van der Waals surface area contributed by atoms with E-state index < -0.39 is 0 Å². The van der Waals surface area contributed by atoms with Crippen LogP contribution in [0.1, 0.15) is 27.0 Å². The first-order valence-corrected chi connectivity index (χ1v) is 8.39. The summed E-state index contributed by atoms with van der Waals surface area (Å²) < 4.78 is 0. The van der Waals surface area contributed by atoms with E-state index in [2.05, 4.69) is 17.4 Å². The van der Waals surface area contributed by atoms with Crippen molar-refractivity contribution in [2.45, 2.75) is 19.4 Å². The fraction of sp³-hybridized carbons (Fsp3) is 0.136. The molecular weight excluding hydrogens is 310 g/mol. The van der Waals surface area contributed by atoms with Crippen LogP contribution in [0.5, 0.6) is 0 Å². The van der Waals surface area contributed by atoms with Gasteiger partial charge in [0.2, 0.25) is 0 Å². The molecule has 126 valence electrons. The SMILES string of the molecule is O=C(Nc1cccc(CO)c1)c1ccccc1CCc1ccccc1. The third-order valence-electron chi connectivity index (χ3n) is 4.16. The number of nitrogens with one attached hydrogen (secondary N) is 1. The van der Waals surface area contributed by atoms with Gasteiger partial charge in [-0.05, 0) is 47.7 Å². The number of aliphatic hydroxyl groups is 1. The highest BCUT2D eigenvalue weighted by molar-refractivity contribution is 6.05. The molecule has 3 nitrogen and oxygen atoms in total. The average Bonchev–Trinajstić information content (AvgIpc) is 2.67. The second-order valence-electron chi connectivity index (χ2n) is 5.96. The Labute approximate surface area is 148 Å². The van der Waals surface area contributed by atoms with Crippen LogP contribution in [0, 0.1) is 0 Å². The van der Waals surface area contributed by atoms with E-state index in [1.807, 2.05) is 60.7 Å². The van der Waals surface area contributed by atoms with Gasteiger partial charge < -0.3 is 10.4 Å². The maximum Gasteiger partial charge on any atom is 0.255 e. The lowest BCUT2D eigenvalue weighted by atomic mass is 9.99. The summed E-state index contributed by atoms with van der Waals surface area (Å²) >= 11 is 0. The quantitative estimate of drug-likeness (QED) is 0.710. The molecule has 0 aromatic heterocycles. The van der Waals surface area contributed by atoms with Crippen molar-refractivity contribution in [1.29, 1.82) is 0 Å². The molecule has 3 aromatic carbocycles. The number of hydrogen-bond acceptors (Lipinski definition) is 2. The fourth-order valence-corrected chi connectivity index (χ4v) is 2.83. The number of amides is 1. The Kier molecular flexibility index (Phi) is 5.60. The minimum atomic E-state index is -0.126. The molecule has 0 atom stereocenters. The van der Waals surface area contributed by atoms with Gasteiger partial charge in [0.05, 0.1) is 6.61 Å². The zero-order valence-corrected chi connectivity index (χ0v) is 14.0. The number of carbonyl (C=O) groups excluding carboxylic acids is 1. The van der Waals surface area contributed by atoms with Crippen molar-refractivity contribution < 1.29 is 9.90 Å². The van der Waals surface area contributed by atoms with Gasteiger partial charge in [0.25, 0.3) is 5.91 Å². The molecule has 3 rings (SSSR count). The van der Waals surface area contributed by atoms with Crippen LogP contribution in [0.15, 0.2) is 78.9 Å². The first kappa shape index (κ1) is 16.9. The second-order valence-corrected chi connectivity index (χ2v) is 5.96. The summed E-state index contributed by atoms with van der Waals surface area (Å²) in [6.45, 7) is -0.0443. The molecule has 0 saturated carbocycles. The summed E-state index contributed by atoms with van der Waals surface area (Å²) in [5, 5.41) is 12.1. The third-order valence-corrected chi connectivity index (χ3v) is 4.16. The summed E-state index contributed by atoms with van der Waals surface area (Å²) in [7, 11) is 0. The van der Waals surface area contributed by atoms with Crippen molar-refractivity contribution in [3.63, 3.8) is 0 Å². The molecular formula is C22H21NO2. The van der Waals surface area contributed by atoms with Gasteiger partial charge in [-0.15, -0.1) is 0 Å². The molecule has 0 aliphatic rings. The average molecular weight is 331 g/mol. The van der Waals surface area contributed by atoms with Gasteiger partial charge in [0, 0.05) is 11.3 Å². The minimum absolute atomic E-state index is 0.0443. The van der Waals surface area contributed by atoms with Gasteiger partial charge >= 0.3 is 0 Å². The van der Waals surface area contributed by atoms with E-state index in [0.29, 0.717) is 11.3 Å². The molecule has 0 aliphatic carbocycles. The summed E-state index contributed by atoms with van der Waals surface area (Å²) in [6, 6.07) is 25.2. The van der Waals surface area contributed by atoms with Gasteiger partial charge in [0.1, 0.15) is 0 Å². The molecule has 0 heterocycles. The normalized spacial score (nSPS) is 10.4. The summed E-state index contributed by atoms with van der Waals surface area (Å²) in [5.41, 5.74) is 4.44. The number of hydrogen-bond donors (Lipinski definition) is 2. The molecule has 3 heteroatoms. The largest absolute Gasteiger partial charge is 0.392 e. The van der Waals surface area contributed by atoms with Crippen LogP contribution >= 0.6 is 0 Å². The van der Waals surface area contributed by atoms with E-state index in [1.54, 1.807) is 6.07 Å². The highest BCUT2D eigenvalue weighted by atomic mass is 16.3. The first-order valence-electron chi connectivity index (χ1n) is 8.39. The predicted octanol–water partition coefficient (Wildman–Crippen LogP) is 4.22. The molecule has 25 heavy (non-hydrogen) atoms. The van der Waals surface area contributed by atoms with Crippen LogP contribution in [0.2, 0.25) is 0 Å². The maximum atomic E-state index is 12.7. The molecule has 0 radical (unpaired) electrons. The zero-order chi connectivity index (χ0) is 17.5. The van der Waals surface area contributed by atoms with Gasteiger partial charge in [-0.25, -0.2) is 0 Å². The lowest BCUT2D eigenvalue weighted by Gasteiger charge is -2.11.